The first-order valence-electron chi connectivity index (χ1n) is 12.7. The second-order valence-electron chi connectivity index (χ2n) is 9.91. The van der Waals surface area contributed by atoms with Gasteiger partial charge in [-0.15, -0.1) is 5.10 Å². The Hall–Kier alpha value is -2.62. The Morgan fingerprint density at radius 3 is 2.97 bits per heavy atom. The van der Waals surface area contributed by atoms with Crippen molar-refractivity contribution >= 4 is 10.9 Å². The maximum Gasteiger partial charge on any atom is 0.253 e. The smallest absolute Gasteiger partial charge is 0.253 e. The molecule has 0 bridgehead atoms. The Morgan fingerprint density at radius 1 is 1.18 bits per heavy atom. The molecule has 5 heterocycles. The lowest BCUT2D eigenvalue weighted by molar-refractivity contribution is 0.0728. The molecule has 34 heavy (non-hydrogen) atoms. The maximum atomic E-state index is 13.5. The van der Waals surface area contributed by atoms with Crippen LogP contribution in [-0.2, 0) is 17.7 Å². The minimum Gasteiger partial charge on any atom is -0.376 e. The molecule has 3 atom stereocenters. The minimum absolute atomic E-state index is 0.0673. The minimum atomic E-state index is -0.294. The van der Waals surface area contributed by atoms with E-state index in [9.17, 15) is 4.79 Å². The maximum absolute atomic E-state index is 13.5. The highest BCUT2D eigenvalue weighted by Gasteiger charge is 2.38. The highest BCUT2D eigenvalue weighted by atomic mass is 16.5. The first-order valence-corrected chi connectivity index (χ1v) is 12.7. The van der Waals surface area contributed by atoms with Crippen LogP contribution in [0.5, 0.6) is 0 Å². The van der Waals surface area contributed by atoms with Crippen LogP contribution in [-0.4, -0.2) is 79.9 Å². The number of H-pyrrole nitrogens is 1. The Morgan fingerprint density at radius 2 is 2.12 bits per heavy atom. The van der Waals surface area contributed by atoms with E-state index in [1.165, 1.54) is 24.9 Å². The van der Waals surface area contributed by atoms with Gasteiger partial charge in [0, 0.05) is 43.4 Å². The fourth-order valence-corrected chi connectivity index (χ4v) is 5.96. The number of aromatic nitrogens is 5. The number of hydrogen-bond acceptors (Lipinski definition) is 7. The number of nitrogens with one attached hydrogen (secondary N) is 1. The molecule has 3 aliphatic heterocycles. The molecule has 6 rings (SSSR count). The van der Waals surface area contributed by atoms with E-state index in [4.69, 9.17) is 4.74 Å². The zero-order chi connectivity index (χ0) is 23.1. The number of fused-ring (bicyclic) bond motifs is 2. The van der Waals surface area contributed by atoms with Gasteiger partial charge in [-0.1, -0.05) is 13.0 Å². The summed E-state index contributed by atoms with van der Waals surface area (Å²) >= 11 is 0. The van der Waals surface area contributed by atoms with Crippen molar-refractivity contribution in [1.29, 1.82) is 0 Å². The van der Waals surface area contributed by atoms with Gasteiger partial charge in [0.05, 0.1) is 12.6 Å². The molecular formula is C25H33N7O2. The van der Waals surface area contributed by atoms with Crippen LogP contribution >= 0.6 is 0 Å². The lowest BCUT2D eigenvalue weighted by atomic mass is 10.00. The highest BCUT2D eigenvalue weighted by molar-refractivity contribution is 5.80. The van der Waals surface area contributed by atoms with Crippen LogP contribution in [0.2, 0.25) is 0 Å². The molecule has 1 N–H and O–H groups in total. The molecule has 2 aromatic heterocycles. The zero-order valence-corrected chi connectivity index (χ0v) is 19.8. The second-order valence-corrected chi connectivity index (χ2v) is 9.91. The summed E-state index contributed by atoms with van der Waals surface area (Å²) in [5.41, 5.74) is 2.77. The largest absolute Gasteiger partial charge is 0.376 e. The number of aromatic amines is 1. The number of ether oxygens (including phenoxy) is 1. The van der Waals surface area contributed by atoms with Crippen LogP contribution in [0.3, 0.4) is 0 Å². The number of nitrogens with zero attached hydrogens (tertiary/aromatic N) is 6. The third-order valence-electron chi connectivity index (χ3n) is 7.83. The van der Waals surface area contributed by atoms with Gasteiger partial charge >= 0.3 is 0 Å². The van der Waals surface area contributed by atoms with E-state index < -0.39 is 0 Å². The van der Waals surface area contributed by atoms with Gasteiger partial charge in [-0.05, 0) is 78.2 Å². The number of tetrazole rings is 1. The molecular weight excluding hydrogens is 430 g/mol. The molecule has 9 heteroatoms. The van der Waals surface area contributed by atoms with Crippen molar-refractivity contribution in [2.45, 2.75) is 63.8 Å². The summed E-state index contributed by atoms with van der Waals surface area (Å²) in [6.45, 7) is 7.56. The predicted molar refractivity (Wildman–Crippen MR) is 129 cm³/mol. The van der Waals surface area contributed by atoms with Gasteiger partial charge in [0.25, 0.3) is 5.56 Å². The Labute approximate surface area is 199 Å². The third kappa shape index (κ3) is 4.06. The van der Waals surface area contributed by atoms with Gasteiger partial charge in [-0.2, -0.15) is 0 Å². The highest BCUT2D eigenvalue weighted by Crippen LogP contribution is 2.32. The topological polar surface area (TPSA) is 92.2 Å². The third-order valence-corrected chi connectivity index (χ3v) is 7.83. The van der Waals surface area contributed by atoms with E-state index in [0.29, 0.717) is 12.6 Å². The van der Waals surface area contributed by atoms with Gasteiger partial charge in [0.2, 0.25) is 0 Å². The van der Waals surface area contributed by atoms with E-state index in [0.717, 1.165) is 67.8 Å². The summed E-state index contributed by atoms with van der Waals surface area (Å²) in [7, 11) is 0. The quantitative estimate of drug-likeness (QED) is 0.599. The number of hydrogen-bond donors (Lipinski definition) is 1. The van der Waals surface area contributed by atoms with Crippen molar-refractivity contribution in [2.75, 3.05) is 32.8 Å². The van der Waals surface area contributed by atoms with Crippen molar-refractivity contribution in [3.63, 3.8) is 0 Å². The molecule has 0 radical (unpaired) electrons. The molecule has 3 aliphatic rings. The molecule has 0 amide bonds. The molecule has 0 saturated carbocycles. The number of pyridine rings is 1. The van der Waals surface area contributed by atoms with Crippen LogP contribution in [0.15, 0.2) is 29.1 Å². The summed E-state index contributed by atoms with van der Waals surface area (Å²) in [5.74, 6) is 0.735. The lowest BCUT2D eigenvalue weighted by Crippen LogP contribution is -2.52. The van der Waals surface area contributed by atoms with E-state index in [1.54, 1.807) is 0 Å². The first-order chi connectivity index (χ1) is 16.7. The standard InChI is InChI=1S/C25H33N7O2/c1-2-17-7-8-22-18(13-17)14-21(25(33)26-22)23(31-11-10-30-9-3-5-19(30)15-31)24-27-28-29-32(24)16-20-6-4-12-34-20/h7-8,13-14,19-20,23H,2-6,9-12,15-16H2,1H3,(H,26,33)/t19-,20-,23-/m1/s1. The fourth-order valence-electron chi connectivity index (χ4n) is 5.96. The predicted octanol–water partition coefficient (Wildman–Crippen LogP) is 2.13. The van der Waals surface area contributed by atoms with Crippen LogP contribution < -0.4 is 5.56 Å². The van der Waals surface area contributed by atoms with Gasteiger partial charge in [0.1, 0.15) is 6.04 Å². The summed E-state index contributed by atoms with van der Waals surface area (Å²) in [6, 6.07) is 8.56. The van der Waals surface area contributed by atoms with E-state index in [1.807, 2.05) is 10.7 Å². The first kappa shape index (κ1) is 21.9. The van der Waals surface area contributed by atoms with Crippen molar-refractivity contribution in [1.82, 2.24) is 35.0 Å². The summed E-state index contributed by atoms with van der Waals surface area (Å²) in [4.78, 5) is 21.6. The van der Waals surface area contributed by atoms with Crippen molar-refractivity contribution in [3.8, 4) is 0 Å². The van der Waals surface area contributed by atoms with E-state index in [-0.39, 0.29) is 17.7 Å². The number of aryl methyl sites for hydroxylation is 1. The number of rotatable bonds is 6. The Balaban J connectivity index is 1.43. The molecule has 0 aliphatic carbocycles. The summed E-state index contributed by atoms with van der Waals surface area (Å²) < 4.78 is 7.74. The van der Waals surface area contributed by atoms with Crippen molar-refractivity contribution in [2.24, 2.45) is 0 Å². The van der Waals surface area contributed by atoms with Crippen LogP contribution in [0, 0.1) is 0 Å². The Bertz CT molecular complexity index is 1220. The lowest BCUT2D eigenvalue weighted by Gasteiger charge is -2.41. The van der Waals surface area contributed by atoms with Gasteiger partial charge in [0.15, 0.2) is 5.82 Å². The average Bonchev–Trinajstić information content (AvgIpc) is 3.62. The molecule has 3 fully saturated rings. The Kier molecular flexibility index (Phi) is 5.92. The molecule has 3 aromatic rings. The molecule has 0 spiro atoms. The molecule has 1 aromatic carbocycles. The zero-order valence-electron chi connectivity index (χ0n) is 19.8. The number of piperazine rings is 1. The van der Waals surface area contributed by atoms with Crippen LogP contribution in [0.4, 0.5) is 0 Å². The average molecular weight is 464 g/mol. The van der Waals surface area contributed by atoms with Crippen LogP contribution in [0.25, 0.3) is 10.9 Å². The monoisotopic (exact) mass is 463 g/mol. The molecule has 180 valence electrons. The molecule has 0 unspecified atom stereocenters. The molecule has 3 saturated heterocycles. The van der Waals surface area contributed by atoms with E-state index in [2.05, 4.69) is 55.4 Å². The van der Waals surface area contributed by atoms with Gasteiger partial charge in [-0.3, -0.25) is 14.6 Å². The summed E-state index contributed by atoms with van der Waals surface area (Å²) in [5, 5.41) is 13.9. The normalized spacial score (nSPS) is 24.6. The van der Waals surface area contributed by atoms with Crippen LogP contribution in [0.1, 0.15) is 55.6 Å². The van der Waals surface area contributed by atoms with E-state index >= 15 is 0 Å². The number of benzene rings is 1. The summed E-state index contributed by atoms with van der Waals surface area (Å²) in [6.07, 6.45) is 5.61. The fraction of sp³-hybridized carbons (Fsp3) is 0.600. The van der Waals surface area contributed by atoms with Gasteiger partial charge in [-0.25, -0.2) is 4.68 Å². The molecule has 9 nitrogen and oxygen atoms in total. The van der Waals surface area contributed by atoms with Crippen molar-refractivity contribution in [3.05, 3.63) is 51.6 Å². The van der Waals surface area contributed by atoms with Gasteiger partial charge < -0.3 is 9.72 Å². The second kappa shape index (κ2) is 9.20. The SMILES string of the molecule is CCc1ccc2[nH]c(=O)c([C@H](c3nnnn3C[C@H]3CCCO3)N3CCN4CCC[C@@H]4C3)cc2c1. The van der Waals surface area contributed by atoms with Crippen molar-refractivity contribution < 1.29 is 4.74 Å².